The summed E-state index contributed by atoms with van der Waals surface area (Å²) in [6, 6.07) is 11.2. The molecule has 3 N–H and O–H groups in total. The summed E-state index contributed by atoms with van der Waals surface area (Å²) in [7, 11) is 0. The van der Waals surface area contributed by atoms with Crippen molar-refractivity contribution in [2.75, 3.05) is 11.9 Å². The van der Waals surface area contributed by atoms with Crippen LogP contribution in [0.2, 0.25) is 0 Å². The van der Waals surface area contributed by atoms with E-state index in [1.807, 2.05) is 38.1 Å². The van der Waals surface area contributed by atoms with Gasteiger partial charge in [0.15, 0.2) is 0 Å². The van der Waals surface area contributed by atoms with Gasteiger partial charge in [0.25, 0.3) is 0 Å². The molecule has 1 aromatic heterocycles. The third-order valence-corrected chi connectivity index (χ3v) is 4.02. The second-order valence-electron chi connectivity index (χ2n) is 5.83. The maximum Gasteiger partial charge on any atom is 0.131 e. The fourth-order valence-corrected chi connectivity index (χ4v) is 2.80. The van der Waals surface area contributed by atoms with Crippen molar-refractivity contribution >= 4 is 16.5 Å². The van der Waals surface area contributed by atoms with Crippen molar-refractivity contribution in [2.45, 2.75) is 19.9 Å². The normalized spacial score (nSPS) is 12.3. The first kappa shape index (κ1) is 15.4. The van der Waals surface area contributed by atoms with Gasteiger partial charge in [0.2, 0.25) is 0 Å². The monoisotopic (exact) mass is 309 g/mol. The lowest BCUT2D eigenvalue weighted by Crippen LogP contribution is -2.25. The number of rotatable bonds is 4. The van der Waals surface area contributed by atoms with Gasteiger partial charge in [-0.25, -0.2) is 4.39 Å². The van der Waals surface area contributed by atoms with Crippen LogP contribution >= 0.6 is 0 Å². The third kappa shape index (κ3) is 3.03. The standard InChI is InChI=1S/C19H20FN3/c1-12-4-3-5-17(20)19(12)14-8-15-11-22-7-6-16(15)18(9-14)23-13(2)10-21/h3-9,11,13,23H,10,21H2,1-2H3. The molecule has 1 atom stereocenters. The SMILES string of the molecule is Cc1cccc(F)c1-c1cc(NC(C)CN)c2ccncc2c1. The molecular formula is C19H20FN3. The van der Waals surface area contributed by atoms with Gasteiger partial charge in [0.05, 0.1) is 0 Å². The summed E-state index contributed by atoms with van der Waals surface area (Å²) in [5, 5.41) is 5.43. The van der Waals surface area contributed by atoms with E-state index >= 15 is 0 Å². The number of halogens is 1. The van der Waals surface area contributed by atoms with E-state index in [1.165, 1.54) is 6.07 Å². The number of benzene rings is 2. The van der Waals surface area contributed by atoms with Gasteiger partial charge in [-0.2, -0.15) is 0 Å². The molecule has 4 heteroatoms. The molecule has 0 aliphatic carbocycles. The molecule has 0 aliphatic rings. The van der Waals surface area contributed by atoms with Crippen molar-refractivity contribution in [3.8, 4) is 11.1 Å². The highest BCUT2D eigenvalue weighted by Crippen LogP contribution is 2.33. The molecule has 0 aliphatic heterocycles. The maximum atomic E-state index is 14.3. The lowest BCUT2D eigenvalue weighted by molar-refractivity contribution is 0.630. The molecule has 0 bridgehead atoms. The van der Waals surface area contributed by atoms with Crippen molar-refractivity contribution in [1.29, 1.82) is 0 Å². The van der Waals surface area contributed by atoms with E-state index in [-0.39, 0.29) is 11.9 Å². The summed E-state index contributed by atoms with van der Waals surface area (Å²) in [5.41, 5.74) is 9.05. The highest BCUT2D eigenvalue weighted by Gasteiger charge is 2.12. The molecular weight excluding hydrogens is 289 g/mol. The lowest BCUT2D eigenvalue weighted by Gasteiger charge is -2.17. The average Bonchev–Trinajstić information content (AvgIpc) is 2.54. The van der Waals surface area contributed by atoms with Crippen LogP contribution in [0.1, 0.15) is 12.5 Å². The summed E-state index contributed by atoms with van der Waals surface area (Å²) >= 11 is 0. The quantitative estimate of drug-likeness (QED) is 0.762. The van der Waals surface area contributed by atoms with Crippen molar-refractivity contribution in [3.05, 3.63) is 60.2 Å². The van der Waals surface area contributed by atoms with E-state index in [0.29, 0.717) is 12.1 Å². The molecule has 118 valence electrons. The van der Waals surface area contributed by atoms with Crippen molar-refractivity contribution < 1.29 is 4.39 Å². The van der Waals surface area contributed by atoms with Gasteiger partial charge in [-0.1, -0.05) is 12.1 Å². The number of hydrogen-bond donors (Lipinski definition) is 2. The van der Waals surface area contributed by atoms with Crippen LogP contribution in [0.15, 0.2) is 48.8 Å². The zero-order valence-electron chi connectivity index (χ0n) is 13.3. The molecule has 0 saturated carbocycles. The smallest absolute Gasteiger partial charge is 0.131 e. The van der Waals surface area contributed by atoms with Crippen LogP contribution in [0, 0.1) is 12.7 Å². The summed E-state index contributed by atoms with van der Waals surface area (Å²) < 4.78 is 14.3. The highest BCUT2D eigenvalue weighted by atomic mass is 19.1. The summed E-state index contributed by atoms with van der Waals surface area (Å²) in [5.74, 6) is -0.217. The fourth-order valence-electron chi connectivity index (χ4n) is 2.80. The molecule has 3 nitrogen and oxygen atoms in total. The Morgan fingerprint density at radius 2 is 2.09 bits per heavy atom. The molecule has 23 heavy (non-hydrogen) atoms. The number of anilines is 1. The van der Waals surface area contributed by atoms with Gasteiger partial charge >= 0.3 is 0 Å². The third-order valence-electron chi connectivity index (χ3n) is 4.02. The predicted molar refractivity (Wildman–Crippen MR) is 94.0 cm³/mol. The number of nitrogens with zero attached hydrogens (tertiary/aromatic N) is 1. The summed E-state index contributed by atoms with van der Waals surface area (Å²) in [4.78, 5) is 4.19. The molecule has 2 aromatic carbocycles. The minimum absolute atomic E-state index is 0.128. The Labute approximate surface area is 135 Å². The first-order valence-corrected chi connectivity index (χ1v) is 7.70. The van der Waals surface area contributed by atoms with Crippen molar-refractivity contribution in [1.82, 2.24) is 4.98 Å². The Morgan fingerprint density at radius 1 is 1.26 bits per heavy atom. The number of aryl methyl sites for hydroxylation is 1. The van der Waals surface area contributed by atoms with Gasteiger partial charge in [0, 0.05) is 47.0 Å². The second-order valence-corrected chi connectivity index (χ2v) is 5.83. The molecule has 0 fully saturated rings. The van der Waals surface area contributed by atoms with Crippen LogP contribution in [-0.4, -0.2) is 17.6 Å². The highest BCUT2D eigenvalue weighted by molar-refractivity contribution is 5.97. The van der Waals surface area contributed by atoms with Crippen LogP contribution in [-0.2, 0) is 0 Å². The first-order chi connectivity index (χ1) is 11.1. The van der Waals surface area contributed by atoms with Gasteiger partial charge in [0.1, 0.15) is 5.82 Å². The van der Waals surface area contributed by atoms with Gasteiger partial charge in [-0.05, 0) is 49.2 Å². The number of pyridine rings is 1. The molecule has 1 unspecified atom stereocenters. The Bertz CT molecular complexity index is 825. The van der Waals surface area contributed by atoms with E-state index in [1.54, 1.807) is 18.5 Å². The number of nitrogens with two attached hydrogens (primary N) is 1. The molecule has 3 aromatic rings. The lowest BCUT2D eigenvalue weighted by atomic mass is 9.96. The van der Waals surface area contributed by atoms with E-state index in [9.17, 15) is 4.39 Å². The van der Waals surface area contributed by atoms with E-state index < -0.39 is 0 Å². The summed E-state index contributed by atoms with van der Waals surface area (Å²) in [6.45, 7) is 4.46. The van der Waals surface area contributed by atoms with E-state index in [2.05, 4.69) is 10.3 Å². The summed E-state index contributed by atoms with van der Waals surface area (Å²) in [6.07, 6.45) is 3.56. The number of hydrogen-bond acceptors (Lipinski definition) is 3. The van der Waals surface area contributed by atoms with Gasteiger partial charge < -0.3 is 11.1 Å². The van der Waals surface area contributed by atoms with Crippen LogP contribution < -0.4 is 11.1 Å². The van der Waals surface area contributed by atoms with Crippen LogP contribution in [0.4, 0.5) is 10.1 Å². The second kappa shape index (κ2) is 6.34. The first-order valence-electron chi connectivity index (χ1n) is 7.70. The Hall–Kier alpha value is -2.46. The number of nitrogens with one attached hydrogen (secondary N) is 1. The Balaban J connectivity index is 2.22. The zero-order valence-corrected chi connectivity index (χ0v) is 13.3. The van der Waals surface area contributed by atoms with Crippen LogP contribution in [0.5, 0.6) is 0 Å². The number of fused-ring (bicyclic) bond motifs is 1. The molecule has 0 radical (unpaired) electrons. The molecule has 0 amide bonds. The predicted octanol–water partition coefficient (Wildman–Crippen LogP) is 4.11. The molecule has 0 saturated heterocycles. The molecule has 3 rings (SSSR count). The van der Waals surface area contributed by atoms with Crippen molar-refractivity contribution in [3.63, 3.8) is 0 Å². The van der Waals surface area contributed by atoms with E-state index in [4.69, 9.17) is 5.73 Å². The fraction of sp³-hybridized carbons (Fsp3) is 0.211. The minimum Gasteiger partial charge on any atom is -0.381 e. The largest absolute Gasteiger partial charge is 0.381 e. The van der Waals surface area contributed by atoms with Crippen molar-refractivity contribution in [2.24, 2.45) is 5.73 Å². The van der Waals surface area contributed by atoms with E-state index in [0.717, 1.165) is 27.6 Å². The van der Waals surface area contributed by atoms with Crippen LogP contribution in [0.3, 0.4) is 0 Å². The zero-order chi connectivity index (χ0) is 16.4. The maximum absolute atomic E-state index is 14.3. The number of aromatic nitrogens is 1. The van der Waals surface area contributed by atoms with Gasteiger partial charge in [-0.15, -0.1) is 0 Å². The topological polar surface area (TPSA) is 50.9 Å². The van der Waals surface area contributed by atoms with Gasteiger partial charge in [-0.3, -0.25) is 4.98 Å². The Morgan fingerprint density at radius 3 is 2.83 bits per heavy atom. The van der Waals surface area contributed by atoms with Crippen LogP contribution in [0.25, 0.3) is 21.9 Å². The molecule has 0 spiro atoms. The Kier molecular flexibility index (Phi) is 4.26. The molecule has 1 heterocycles. The average molecular weight is 309 g/mol. The minimum atomic E-state index is -0.217.